The number of imidazole rings is 1. The highest BCUT2D eigenvalue weighted by atomic mass is 32.2. The van der Waals surface area contributed by atoms with Crippen LogP contribution in [-0.2, 0) is 15.8 Å². The lowest BCUT2D eigenvalue weighted by molar-refractivity contribution is -0.153. The van der Waals surface area contributed by atoms with Crippen LogP contribution in [-0.4, -0.2) is 35.1 Å². The molecule has 4 aromatic rings. The number of fused-ring (bicyclic) bond motifs is 1. The molecule has 11 heteroatoms. The smallest absolute Gasteiger partial charge is 0.422 e. The number of ether oxygens (including phenoxy) is 1. The summed E-state index contributed by atoms with van der Waals surface area (Å²) in [6.45, 7) is 2.07. The molecule has 0 saturated heterocycles. The van der Waals surface area contributed by atoms with Gasteiger partial charge in [0.25, 0.3) is 10.0 Å². The van der Waals surface area contributed by atoms with Gasteiger partial charge in [-0.3, -0.25) is 4.98 Å². The summed E-state index contributed by atoms with van der Waals surface area (Å²) in [6, 6.07) is 14.8. The molecule has 0 aliphatic heterocycles. The molecule has 0 saturated carbocycles. The standard InChI is InChI=1S/C23H20F3N3O3S2/c1-15-7-9-17(10-8-15)34(30,31)29-20-6-4-3-5-18(20)28-22(29)33-13-19-16(2)21(11-12-27-19)32-14-23(24,25)26/h3-12H,13-14H2,1-2H3. The van der Waals surface area contributed by atoms with Gasteiger partial charge in [0.1, 0.15) is 5.75 Å². The first-order valence-corrected chi connectivity index (χ1v) is 12.6. The molecule has 0 atom stereocenters. The number of nitrogens with zero attached hydrogens (tertiary/aromatic N) is 3. The van der Waals surface area contributed by atoms with E-state index < -0.39 is 22.8 Å². The van der Waals surface area contributed by atoms with E-state index in [1.807, 2.05) is 6.92 Å². The molecule has 0 radical (unpaired) electrons. The van der Waals surface area contributed by atoms with Gasteiger partial charge < -0.3 is 4.74 Å². The lowest BCUT2D eigenvalue weighted by atomic mass is 10.2. The minimum atomic E-state index is -4.46. The van der Waals surface area contributed by atoms with Crippen molar-refractivity contribution in [2.45, 2.75) is 35.8 Å². The predicted molar refractivity (Wildman–Crippen MR) is 124 cm³/mol. The van der Waals surface area contributed by atoms with E-state index in [2.05, 4.69) is 9.97 Å². The number of halogens is 3. The third kappa shape index (κ3) is 5.05. The van der Waals surface area contributed by atoms with Gasteiger partial charge in [0.15, 0.2) is 11.8 Å². The molecular formula is C23H20F3N3O3S2. The highest BCUT2D eigenvalue weighted by Gasteiger charge is 2.29. The summed E-state index contributed by atoms with van der Waals surface area (Å²) in [5, 5.41) is 0.226. The van der Waals surface area contributed by atoms with Crippen LogP contribution in [0.2, 0.25) is 0 Å². The lowest BCUT2D eigenvalue weighted by Crippen LogP contribution is -2.19. The maximum atomic E-state index is 13.5. The second-order valence-electron chi connectivity index (χ2n) is 7.54. The van der Waals surface area contributed by atoms with Crippen LogP contribution in [0.5, 0.6) is 5.75 Å². The first-order valence-electron chi connectivity index (χ1n) is 10.1. The predicted octanol–water partition coefficient (Wildman–Crippen LogP) is 5.52. The van der Waals surface area contributed by atoms with Crippen molar-refractivity contribution in [2.24, 2.45) is 0 Å². The summed E-state index contributed by atoms with van der Waals surface area (Å²) in [5.74, 6) is 0.255. The average molecular weight is 508 g/mol. The number of para-hydroxylation sites is 2. The van der Waals surface area contributed by atoms with Crippen LogP contribution in [0.25, 0.3) is 11.0 Å². The molecule has 2 aromatic carbocycles. The van der Waals surface area contributed by atoms with Gasteiger partial charge in [-0.1, -0.05) is 41.6 Å². The Balaban J connectivity index is 1.68. The number of aryl methyl sites for hydroxylation is 1. The number of pyridine rings is 1. The van der Waals surface area contributed by atoms with E-state index in [4.69, 9.17) is 4.74 Å². The van der Waals surface area contributed by atoms with Crippen molar-refractivity contribution in [3.05, 3.63) is 77.6 Å². The second kappa shape index (κ2) is 9.30. The number of rotatable bonds is 7. The summed E-state index contributed by atoms with van der Waals surface area (Å²) in [7, 11) is -3.95. The molecule has 0 spiro atoms. The zero-order valence-corrected chi connectivity index (χ0v) is 19.8. The maximum Gasteiger partial charge on any atom is 0.422 e. The second-order valence-corrected chi connectivity index (χ2v) is 10.3. The molecule has 178 valence electrons. The van der Waals surface area contributed by atoms with Gasteiger partial charge in [-0.15, -0.1) is 0 Å². The van der Waals surface area contributed by atoms with Crippen LogP contribution in [0, 0.1) is 13.8 Å². The van der Waals surface area contributed by atoms with E-state index in [-0.39, 0.29) is 21.6 Å². The summed E-state index contributed by atoms with van der Waals surface area (Å²) in [6.07, 6.45) is -3.10. The maximum absolute atomic E-state index is 13.5. The van der Waals surface area contributed by atoms with Gasteiger partial charge in [-0.2, -0.15) is 13.2 Å². The minimum absolute atomic E-state index is 0.0729. The Hall–Kier alpha value is -3.05. The van der Waals surface area contributed by atoms with Crippen molar-refractivity contribution in [3.63, 3.8) is 0 Å². The number of aromatic nitrogens is 3. The Morgan fingerprint density at radius 2 is 1.74 bits per heavy atom. The fourth-order valence-corrected chi connectivity index (χ4v) is 6.01. The molecule has 2 heterocycles. The molecule has 0 amide bonds. The van der Waals surface area contributed by atoms with Crippen molar-refractivity contribution in [2.75, 3.05) is 6.61 Å². The Morgan fingerprint density at radius 1 is 1.03 bits per heavy atom. The molecule has 0 aliphatic rings. The van der Waals surface area contributed by atoms with Crippen molar-refractivity contribution < 1.29 is 26.3 Å². The SMILES string of the molecule is Cc1ccc(S(=O)(=O)n2c(SCc3nccc(OCC(F)(F)F)c3C)nc3ccccc32)cc1. The van der Waals surface area contributed by atoms with Gasteiger partial charge in [-0.05, 0) is 44.2 Å². The van der Waals surface area contributed by atoms with Crippen molar-refractivity contribution in [1.29, 1.82) is 0 Å². The Morgan fingerprint density at radius 3 is 2.44 bits per heavy atom. The number of hydrogen-bond acceptors (Lipinski definition) is 6. The normalized spacial score (nSPS) is 12.3. The first-order chi connectivity index (χ1) is 16.1. The van der Waals surface area contributed by atoms with E-state index in [9.17, 15) is 21.6 Å². The monoisotopic (exact) mass is 507 g/mol. The fraction of sp³-hybridized carbons (Fsp3) is 0.217. The van der Waals surface area contributed by atoms with Gasteiger partial charge in [0.2, 0.25) is 0 Å². The number of hydrogen-bond donors (Lipinski definition) is 0. The van der Waals surface area contributed by atoms with Crippen molar-refractivity contribution in [3.8, 4) is 5.75 Å². The first kappa shape index (κ1) is 24.1. The largest absolute Gasteiger partial charge is 0.484 e. The molecule has 0 fully saturated rings. The topological polar surface area (TPSA) is 74.1 Å². The fourth-order valence-electron chi connectivity index (χ4n) is 3.27. The summed E-state index contributed by atoms with van der Waals surface area (Å²) >= 11 is 1.13. The van der Waals surface area contributed by atoms with Crippen LogP contribution in [0.4, 0.5) is 13.2 Å². The third-order valence-corrected chi connectivity index (χ3v) is 7.82. The Bertz CT molecular complexity index is 1430. The number of thioether (sulfide) groups is 1. The lowest BCUT2D eigenvalue weighted by Gasteiger charge is -2.14. The Kier molecular flexibility index (Phi) is 6.59. The molecule has 6 nitrogen and oxygen atoms in total. The van der Waals surface area contributed by atoms with Crippen LogP contribution < -0.4 is 4.74 Å². The molecule has 0 N–H and O–H groups in total. The zero-order valence-electron chi connectivity index (χ0n) is 18.2. The van der Waals surface area contributed by atoms with Crippen molar-refractivity contribution >= 4 is 32.8 Å². The number of benzene rings is 2. The van der Waals surface area contributed by atoms with E-state index >= 15 is 0 Å². The molecule has 0 unspecified atom stereocenters. The molecular weight excluding hydrogens is 487 g/mol. The third-order valence-electron chi connectivity index (χ3n) is 5.04. The summed E-state index contributed by atoms with van der Waals surface area (Å²) in [5.41, 5.74) is 2.78. The van der Waals surface area contributed by atoms with Gasteiger partial charge in [0.05, 0.1) is 21.6 Å². The van der Waals surface area contributed by atoms with Crippen LogP contribution in [0.3, 0.4) is 0 Å². The minimum Gasteiger partial charge on any atom is -0.484 e. The average Bonchev–Trinajstić information content (AvgIpc) is 3.16. The summed E-state index contributed by atoms with van der Waals surface area (Å²) < 4.78 is 70.8. The molecule has 2 aromatic heterocycles. The molecule has 34 heavy (non-hydrogen) atoms. The Labute approximate surface area is 198 Å². The van der Waals surface area contributed by atoms with E-state index in [1.54, 1.807) is 55.5 Å². The molecule has 4 rings (SSSR count). The quantitative estimate of drug-likeness (QED) is 0.307. The highest BCUT2D eigenvalue weighted by molar-refractivity contribution is 7.99. The van der Waals surface area contributed by atoms with E-state index in [1.165, 1.54) is 16.2 Å². The van der Waals surface area contributed by atoms with Gasteiger partial charge >= 0.3 is 6.18 Å². The van der Waals surface area contributed by atoms with Crippen LogP contribution in [0.15, 0.2) is 70.8 Å². The van der Waals surface area contributed by atoms with Crippen LogP contribution in [0.1, 0.15) is 16.8 Å². The highest BCUT2D eigenvalue weighted by Crippen LogP contribution is 2.32. The molecule has 0 aliphatic carbocycles. The molecule has 0 bridgehead atoms. The van der Waals surface area contributed by atoms with Gasteiger partial charge in [0, 0.05) is 17.5 Å². The van der Waals surface area contributed by atoms with Gasteiger partial charge in [-0.25, -0.2) is 17.4 Å². The van der Waals surface area contributed by atoms with E-state index in [0.29, 0.717) is 22.3 Å². The van der Waals surface area contributed by atoms with Crippen LogP contribution >= 0.6 is 11.8 Å². The number of alkyl halides is 3. The zero-order chi connectivity index (χ0) is 24.5. The van der Waals surface area contributed by atoms with Crippen molar-refractivity contribution in [1.82, 2.24) is 13.9 Å². The van der Waals surface area contributed by atoms with E-state index in [0.717, 1.165) is 17.3 Å². The summed E-state index contributed by atoms with van der Waals surface area (Å²) in [4.78, 5) is 8.87.